The van der Waals surface area contributed by atoms with Crippen molar-refractivity contribution in [3.05, 3.63) is 36.0 Å². The van der Waals surface area contributed by atoms with Crippen LogP contribution in [0.3, 0.4) is 0 Å². The first-order chi connectivity index (χ1) is 21.6. The lowest BCUT2D eigenvalue weighted by Crippen LogP contribution is -2.55. The second-order valence-electron chi connectivity index (χ2n) is 13.7. The highest BCUT2D eigenvalue weighted by atomic mass is 16.6. The molecule has 0 aromatic carbocycles. The minimum Gasteiger partial charge on any atom is -0.459 e. The Balaban J connectivity index is 1.48. The predicted molar refractivity (Wildman–Crippen MR) is 175 cm³/mol. The van der Waals surface area contributed by atoms with E-state index < -0.39 is 17.6 Å². The number of epoxide rings is 1. The monoisotopic (exact) mass is 645 g/mol. The van der Waals surface area contributed by atoms with E-state index in [1.807, 2.05) is 32.9 Å². The van der Waals surface area contributed by atoms with Gasteiger partial charge in [-0.3, -0.25) is 19.2 Å². The van der Waals surface area contributed by atoms with Crippen molar-refractivity contribution in [2.45, 2.75) is 142 Å². The molecule has 3 N–H and O–H groups in total. The van der Waals surface area contributed by atoms with Crippen molar-refractivity contribution in [2.24, 2.45) is 5.92 Å². The van der Waals surface area contributed by atoms with Gasteiger partial charge in [0.15, 0.2) is 0 Å². The average molecular weight is 646 g/mol. The summed E-state index contributed by atoms with van der Waals surface area (Å²) >= 11 is 0. The highest BCUT2D eigenvalue weighted by Gasteiger charge is 2.51. The maximum absolute atomic E-state index is 12.9. The van der Waals surface area contributed by atoms with Crippen LogP contribution in [0.4, 0.5) is 0 Å². The lowest BCUT2D eigenvalue weighted by molar-refractivity contribution is -0.143. The van der Waals surface area contributed by atoms with Crippen molar-refractivity contribution in [1.82, 2.24) is 16.0 Å². The molecule has 46 heavy (non-hydrogen) atoms. The smallest absolute Gasteiger partial charge is 0.303 e. The number of ether oxygens (including phenoxy) is 4. The quantitative estimate of drug-likeness (QED) is 0.112. The van der Waals surface area contributed by atoms with E-state index in [1.165, 1.54) is 13.0 Å². The number of allylic oxidation sites excluding steroid dienone is 2. The summed E-state index contributed by atoms with van der Waals surface area (Å²) in [5.41, 5.74) is -0.167. The molecule has 0 aromatic heterocycles. The third-order valence-corrected chi connectivity index (χ3v) is 8.72. The van der Waals surface area contributed by atoms with Crippen molar-refractivity contribution < 1.29 is 38.1 Å². The van der Waals surface area contributed by atoms with Gasteiger partial charge in [0.2, 0.25) is 17.7 Å². The molecule has 0 bridgehead atoms. The van der Waals surface area contributed by atoms with Gasteiger partial charge in [-0.15, -0.1) is 0 Å². The number of carbonyl (C=O) groups is 4. The first kappa shape index (κ1) is 37.4. The molecule has 0 aromatic rings. The Morgan fingerprint density at radius 2 is 1.80 bits per heavy atom. The van der Waals surface area contributed by atoms with E-state index in [4.69, 9.17) is 18.9 Å². The third kappa shape index (κ3) is 12.0. The Morgan fingerprint density at radius 3 is 2.46 bits per heavy atom. The highest BCUT2D eigenvalue weighted by Crippen LogP contribution is 2.43. The second-order valence-corrected chi connectivity index (χ2v) is 13.7. The number of nitrogens with one attached hydrogen (secondary N) is 3. The maximum Gasteiger partial charge on any atom is 0.303 e. The van der Waals surface area contributed by atoms with Crippen LogP contribution in [0.1, 0.15) is 93.9 Å². The van der Waals surface area contributed by atoms with Crippen LogP contribution < -0.4 is 16.0 Å². The normalized spacial score (nSPS) is 30.7. The zero-order valence-electron chi connectivity index (χ0n) is 28.9. The van der Waals surface area contributed by atoms with Crippen LogP contribution >= 0.6 is 0 Å². The van der Waals surface area contributed by atoms with Gasteiger partial charge in [-0.05, 0) is 65.9 Å². The molecule has 0 aliphatic carbocycles. The lowest BCUT2D eigenvalue weighted by Gasteiger charge is -2.39. The van der Waals surface area contributed by atoms with Crippen LogP contribution in [0.2, 0.25) is 0 Å². The van der Waals surface area contributed by atoms with Crippen LogP contribution in [-0.2, 0) is 38.1 Å². The Labute approximate surface area is 274 Å². The average Bonchev–Trinajstić information content (AvgIpc) is 3.70. The van der Waals surface area contributed by atoms with Crippen molar-refractivity contribution in [1.29, 1.82) is 0 Å². The van der Waals surface area contributed by atoms with Crippen molar-refractivity contribution in [3.63, 3.8) is 0 Å². The standard InChI is InChI=1S/C35H55N3O8/c1-9-16-36-33(42)34(7,8)38-32(41)18-28-20-35(21-43-35)19-27(46-28)13-10-22(2)11-14-30-23(3)17-29(25(5)45-30)37-31(40)15-12-24(4)44-26(6)39/h10-13,15,23-25,27-30H,9,14,16-21H2,1-8H3,(H,36,42)(H,37,40)(H,38,41). The van der Waals surface area contributed by atoms with Gasteiger partial charge in [0.25, 0.3) is 0 Å². The molecule has 3 aliphatic heterocycles. The predicted octanol–water partition coefficient (Wildman–Crippen LogP) is 3.81. The topological polar surface area (TPSA) is 145 Å². The van der Waals surface area contributed by atoms with Crippen molar-refractivity contribution >= 4 is 23.7 Å². The van der Waals surface area contributed by atoms with E-state index in [0.29, 0.717) is 19.6 Å². The molecule has 11 heteroatoms. The van der Waals surface area contributed by atoms with Gasteiger partial charge < -0.3 is 34.9 Å². The summed E-state index contributed by atoms with van der Waals surface area (Å²) in [5, 5.41) is 8.71. The number of rotatable bonds is 14. The van der Waals surface area contributed by atoms with Gasteiger partial charge in [0, 0.05) is 32.4 Å². The minimum atomic E-state index is -1.01. The Morgan fingerprint density at radius 1 is 1.09 bits per heavy atom. The number of amides is 3. The number of hydrogen-bond acceptors (Lipinski definition) is 8. The molecule has 3 aliphatic rings. The molecule has 0 radical (unpaired) electrons. The van der Waals surface area contributed by atoms with Gasteiger partial charge in [-0.1, -0.05) is 37.6 Å². The van der Waals surface area contributed by atoms with Crippen LogP contribution in [0.5, 0.6) is 0 Å². The molecule has 3 rings (SSSR count). The lowest BCUT2D eigenvalue weighted by atomic mass is 9.88. The summed E-state index contributed by atoms with van der Waals surface area (Å²) in [7, 11) is 0. The summed E-state index contributed by atoms with van der Waals surface area (Å²) in [4.78, 5) is 48.8. The van der Waals surface area contributed by atoms with E-state index in [2.05, 4.69) is 29.0 Å². The largest absolute Gasteiger partial charge is 0.459 e. The number of carbonyl (C=O) groups excluding carboxylic acids is 4. The number of hydrogen-bond donors (Lipinski definition) is 3. The summed E-state index contributed by atoms with van der Waals surface area (Å²) in [6.45, 7) is 15.8. The van der Waals surface area contributed by atoms with Crippen molar-refractivity contribution in [2.75, 3.05) is 13.2 Å². The van der Waals surface area contributed by atoms with E-state index >= 15 is 0 Å². The Bertz CT molecular complexity index is 1170. The van der Waals surface area contributed by atoms with E-state index in [9.17, 15) is 19.2 Å². The second kappa shape index (κ2) is 16.7. The van der Waals surface area contributed by atoms with Crippen LogP contribution in [0, 0.1) is 5.92 Å². The molecular formula is C35H55N3O8. The van der Waals surface area contributed by atoms with Gasteiger partial charge in [-0.2, -0.15) is 0 Å². The van der Waals surface area contributed by atoms with Gasteiger partial charge in [-0.25, -0.2) is 0 Å². The van der Waals surface area contributed by atoms with E-state index in [0.717, 1.165) is 31.3 Å². The van der Waals surface area contributed by atoms with Crippen LogP contribution in [0.25, 0.3) is 0 Å². The molecule has 0 saturated carbocycles. The fraction of sp³-hybridized carbons (Fsp3) is 0.714. The van der Waals surface area contributed by atoms with Crippen LogP contribution in [0.15, 0.2) is 36.0 Å². The molecule has 3 saturated heterocycles. The molecule has 3 amide bonds. The van der Waals surface area contributed by atoms with Gasteiger partial charge in [0.05, 0.1) is 49.1 Å². The maximum atomic E-state index is 12.9. The first-order valence-electron chi connectivity index (χ1n) is 16.7. The third-order valence-electron chi connectivity index (χ3n) is 8.72. The molecule has 1 spiro atoms. The van der Waals surface area contributed by atoms with E-state index in [1.54, 1.807) is 26.8 Å². The summed E-state index contributed by atoms with van der Waals surface area (Å²) in [5.74, 6) is -0.821. The fourth-order valence-electron chi connectivity index (χ4n) is 6.00. The molecular weight excluding hydrogens is 590 g/mol. The zero-order chi connectivity index (χ0) is 34.1. The molecule has 258 valence electrons. The minimum absolute atomic E-state index is 0.0243. The molecule has 3 fully saturated rings. The summed E-state index contributed by atoms with van der Waals surface area (Å²) < 4.78 is 23.4. The SMILES string of the molecule is CCCNC(=O)C(C)(C)NC(=O)CC1CC2(CO2)CC(C=CC(C)=CCC2OC(C)C(NC(=O)C=CC(C)OC(C)=O)CC2C)O1. The number of esters is 1. The summed E-state index contributed by atoms with van der Waals surface area (Å²) in [6, 6.07) is -0.114. The van der Waals surface area contributed by atoms with Gasteiger partial charge >= 0.3 is 5.97 Å². The first-order valence-corrected chi connectivity index (χ1v) is 16.7. The Kier molecular flexibility index (Phi) is 13.6. The fourth-order valence-corrected chi connectivity index (χ4v) is 6.00. The summed E-state index contributed by atoms with van der Waals surface area (Å²) in [6.07, 6.45) is 12.0. The van der Waals surface area contributed by atoms with Crippen LogP contribution in [-0.4, -0.2) is 84.5 Å². The van der Waals surface area contributed by atoms with Gasteiger partial charge in [0.1, 0.15) is 11.6 Å². The highest BCUT2D eigenvalue weighted by molar-refractivity contribution is 5.90. The zero-order valence-corrected chi connectivity index (χ0v) is 28.9. The van der Waals surface area contributed by atoms with E-state index in [-0.39, 0.29) is 66.1 Å². The van der Waals surface area contributed by atoms with Crippen molar-refractivity contribution in [3.8, 4) is 0 Å². The molecule has 3 heterocycles. The molecule has 11 nitrogen and oxygen atoms in total. The molecule has 8 unspecified atom stereocenters. The molecule has 8 atom stereocenters. The Hall–Kier alpha value is -3.02.